The van der Waals surface area contributed by atoms with Crippen LogP contribution in [0.5, 0.6) is 0 Å². The Labute approximate surface area is 287 Å². The second-order valence-electron chi connectivity index (χ2n) is 12.6. The number of hydrogen-bond acceptors (Lipinski definition) is 12. The summed E-state index contributed by atoms with van der Waals surface area (Å²) in [6.07, 6.45) is 0.972. The number of Topliss-reactive ketones (excluding diaryl/α,β-unsaturated/α-hetero) is 1. The maximum atomic E-state index is 12.2. The lowest BCUT2D eigenvalue weighted by molar-refractivity contribution is -0.146. The third kappa shape index (κ3) is 28.8. The van der Waals surface area contributed by atoms with Crippen LogP contribution in [0.3, 0.4) is 0 Å². The summed E-state index contributed by atoms with van der Waals surface area (Å²) in [4.78, 5) is 81.1. The van der Waals surface area contributed by atoms with Crippen LogP contribution >= 0.6 is 12.6 Å². The van der Waals surface area contributed by atoms with Crippen molar-refractivity contribution < 1.29 is 43.1 Å². The van der Waals surface area contributed by atoms with Crippen LogP contribution in [0.2, 0.25) is 0 Å². The Morgan fingerprint density at radius 1 is 0.702 bits per heavy atom. The Morgan fingerprint density at radius 2 is 1.11 bits per heavy atom. The molecule has 0 aromatic heterocycles. The van der Waals surface area contributed by atoms with Gasteiger partial charge in [-0.3, -0.25) is 28.8 Å². The molecular formula is C32H62N4O10S. The molecule has 0 aromatic carbocycles. The van der Waals surface area contributed by atoms with Gasteiger partial charge in [0, 0.05) is 18.3 Å². The highest BCUT2D eigenvalue weighted by molar-refractivity contribution is 7.96. The minimum atomic E-state index is -0.554. The molecular weight excluding hydrogens is 632 g/mol. The molecule has 0 fully saturated rings. The molecule has 15 heteroatoms. The molecule has 0 saturated carbocycles. The predicted octanol–water partition coefficient (Wildman–Crippen LogP) is 4.03. The Hall–Kier alpha value is -3.07. The lowest BCUT2D eigenvalue weighted by atomic mass is 9.93. The number of ketones is 1. The molecule has 14 nitrogen and oxygen atoms in total. The fourth-order valence-electron chi connectivity index (χ4n) is 3.00. The van der Waals surface area contributed by atoms with Crippen LogP contribution in [0.15, 0.2) is 5.34 Å². The number of nitrogens with zero attached hydrogens (tertiary/aromatic N) is 1. The van der Waals surface area contributed by atoms with E-state index >= 15 is 0 Å². The number of hydrogen-bond donors (Lipinski definition) is 4. The van der Waals surface area contributed by atoms with Crippen molar-refractivity contribution in [3.8, 4) is 0 Å². The zero-order valence-corrected chi connectivity index (χ0v) is 31.8. The highest BCUT2D eigenvalue weighted by Crippen LogP contribution is 2.12. The molecule has 0 saturated heterocycles. The van der Waals surface area contributed by atoms with E-state index < -0.39 is 30.0 Å². The first-order valence-electron chi connectivity index (χ1n) is 15.7. The predicted molar refractivity (Wildman–Crippen MR) is 185 cm³/mol. The van der Waals surface area contributed by atoms with Crippen molar-refractivity contribution in [1.82, 2.24) is 10.6 Å². The van der Waals surface area contributed by atoms with Gasteiger partial charge in [0.15, 0.2) is 11.1 Å². The summed E-state index contributed by atoms with van der Waals surface area (Å²) in [6, 6.07) is -1.52. The molecule has 0 unspecified atom stereocenters. The molecule has 0 bridgehead atoms. The lowest BCUT2D eigenvalue weighted by Gasteiger charge is -2.23. The van der Waals surface area contributed by atoms with Crippen molar-refractivity contribution in [3.63, 3.8) is 0 Å². The lowest BCUT2D eigenvalue weighted by Crippen LogP contribution is -2.46. The fourth-order valence-corrected chi connectivity index (χ4v) is 3.36. The first-order valence-corrected chi connectivity index (χ1v) is 16.2. The van der Waals surface area contributed by atoms with Gasteiger partial charge < -0.3 is 30.7 Å². The van der Waals surface area contributed by atoms with E-state index in [1.807, 2.05) is 27.7 Å². The van der Waals surface area contributed by atoms with Crippen LogP contribution < -0.4 is 16.4 Å². The number of carbonyl (C=O) groups excluding carboxylic acids is 6. The van der Waals surface area contributed by atoms with E-state index in [-0.39, 0.29) is 58.8 Å². The average molecular weight is 695 g/mol. The van der Waals surface area contributed by atoms with Gasteiger partial charge in [-0.2, -0.15) is 0 Å². The van der Waals surface area contributed by atoms with E-state index in [2.05, 4.69) is 56.8 Å². The Bertz CT molecular complexity index is 941. The molecule has 0 aliphatic rings. The number of methoxy groups -OCH3 is 2. The standard InChI is InChI=1S/C14H25NO4.C9H17NO2S.C5H11NO2.C4H9NO2/c1-8(2)12(15-13(17)9(3)4)11(16)7-10(5)14(18)19-6;1-5(2)7(9(12)13)10-8(11)6(3)4;1-5(2)3-4-8-6-7;1-3(5)4(6)7-2/h8-10,12H,7H2,1-6H3,(H,15,17);5-7H,1-4H3,(H,10,11)(H,12,13);5H,3-4H2,1-2H3;3H,5H2,1-2H3/t10-,12+;7-;;3-/m10.0/s1. The van der Waals surface area contributed by atoms with Crippen molar-refractivity contribution >= 4 is 47.3 Å². The summed E-state index contributed by atoms with van der Waals surface area (Å²) in [5.74, 6) is -1.31. The molecule has 0 rings (SSSR count). The molecule has 0 aliphatic carbocycles. The molecule has 0 aliphatic heterocycles. The topological polar surface area (TPSA) is 210 Å². The second-order valence-corrected chi connectivity index (χ2v) is 13.0. The van der Waals surface area contributed by atoms with Gasteiger partial charge in [-0.25, -0.2) is 0 Å². The number of amides is 2. The summed E-state index contributed by atoms with van der Waals surface area (Å²) in [6.45, 7) is 22.4. The van der Waals surface area contributed by atoms with Gasteiger partial charge in [0.1, 0.15) is 12.6 Å². The van der Waals surface area contributed by atoms with Crippen molar-refractivity contribution in [2.45, 2.75) is 114 Å². The summed E-state index contributed by atoms with van der Waals surface area (Å²) in [5, 5.41) is 7.36. The van der Waals surface area contributed by atoms with Crippen LogP contribution in [-0.4, -0.2) is 73.6 Å². The van der Waals surface area contributed by atoms with Gasteiger partial charge in [0.05, 0.1) is 32.2 Å². The van der Waals surface area contributed by atoms with E-state index in [1.54, 1.807) is 41.5 Å². The zero-order chi connectivity index (χ0) is 38.0. The smallest absolute Gasteiger partial charge is 0.322 e. The van der Waals surface area contributed by atoms with Gasteiger partial charge in [-0.1, -0.05) is 76.2 Å². The fraction of sp³-hybridized carbons (Fsp3) is 0.812. The quantitative estimate of drug-likeness (QED) is 0.0596. The van der Waals surface area contributed by atoms with E-state index in [0.29, 0.717) is 12.5 Å². The highest BCUT2D eigenvalue weighted by Gasteiger charge is 2.28. The number of nitrogens with one attached hydrogen (secondary N) is 2. The van der Waals surface area contributed by atoms with Crippen molar-refractivity contribution in [3.05, 3.63) is 4.91 Å². The monoisotopic (exact) mass is 694 g/mol. The average Bonchev–Trinajstić information content (AvgIpc) is 2.97. The summed E-state index contributed by atoms with van der Waals surface area (Å²) >= 11 is 3.72. The van der Waals surface area contributed by atoms with Crippen LogP contribution in [0, 0.1) is 40.4 Å². The molecule has 2 amide bonds. The summed E-state index contributed by atoms with van der Waals surface area (Å²) < 4.78 is 8.84. The zero-order valence-electron chi connectivity index (χ0n) is 30.9. The van der Waals surface area contributed by atoms with Crippen LogP contribution in [0.4, 0.5) is 0 Å². The van der Waals surface area contributed by atoms with E-state index in [4.69, 9.17) is 5.73 Å². The van der Waals surface area contributed by atoms with E-state index in [0.717, 1.165) is 6.42 Å². The number of nitrogens with two attached hydrogens (primary N) is 1. The molecule has 0 spiro atoms. The summed E-state index contributed by atoms with van der Waals surface area (Å²) in [5.41, 5.74) is 5.07. The van der Waals surface area contributed by atoms with E-state index in [9.17, 15) is 33.7 Å². The minimum absolute atomic E-state index is 0.0138. The number of ether oxygens (including phenoxy) is 2. The van der Waals surface area contributed by atoms with Crippen LogP contribution in [0.1, 0.15) is 95.9 Å². The molecule has 0 heterocycles. The maximum Gasteiger partial charge on any atom is 0.322 e. The van der Waals surface area contributed by atoms with Crippen molar-refractivity contribution in [2.24, 2.45) is 46.6 Å². The Morgan fingerprint density at radius 3 is 1.36 bits per heavy atom. The number of rotatable bonds is 16. The molecule has 0 radical (unpaired) electrons. The molecule has 4 N–H and O–H groups in total. The van der Waals surface area contributed by atoms with E-state index in [1.165, 1.54) is 14.2 Å². The number of thiol groups is 1. The van der Waals surface area contributed by atoms with Crippen molar-refractivity contribution in [2.75, 3.05) is 20.8 Å². The SMILES string of the molecule is CC(C)C(=O)N[C@H](C(=O)S)C(C)C.CC(C)CCON=O.COC(=O)[C@H](C)CC(=O)[C@@H](NC(=O)C(C)C)C(C)C.COC(=O)[C@H](C)N. The van der Waals surface area contributed by atoms with Gasteiger partial charge in [-0.05, 0) is 31.1 Å². The normalized spacial score (nSPS) is 12.9. The molecule has 276 valence electrons. The molecule has 47 heavy (non-hydrogen) atoms. The largest absolute Gasteiger partial charge is 0.469 e. The highest BCUT2D eigenvalue weighted by atomic mass is 32.1. The Kier molecular flexibility index (Phi) is 31.4. The number of carbonyl (C=O) groups is 6. The minimum Gasteiger partial charge on any atom is -0.469 e. The van der Waals surface area contributed by atoms with Gasteiger partial charge >= 0.3 is 11.9 Å². The second kappa shape index (κ2) is 29.1. The summed E-state index contributed by atoms with van der Waals surface area (Å²) in [7, 11) is 2.61. The third-order valence-corrected chi connectivity index (χ3v) is 6.39. The first-order chi connectivity index (χ1) is 21.5. The molecule has 4 atom stereocenters. The number of esters is 2. The third-order valence-electron chi connectivity index (χ3n) is 6.11. The van der Waals surface area contributed by atoms with Crippen molar-refractivity contribution in [1.29, 1.82) is 0 Å². The van der Waals surface area contributed by atoms with Crippen LogP contribution in [0.25, 0.3) is 0 Å². The van der Waals surface area contributed by atoms with Gasteiger partial charge in [-0.15, -0.1) is 17.5 Å². The van der Waals surface area contributed by atoms with Gasteiger partial charge in [0.25, 0.3) is 0 Å². The maximum absolute atomic E-state index is 12.2. The molecule has 0 aromatic rings. The first kappa shape index (κ1) is 50.8. The Balaban J connectivity index is -0.000000285. The van der Waals surface area contributed by atoms with Gasteiger partial charge in [0.2, 0.25) is 16.9 Å². The van der Waals surface area contributed by atoms with Crippen LogP contribution in [-0.2, 0) is 43.1 Å².